The van der Waals surface area contributed by atoms with Crippen LogP contribution in [-0.4, -0.2) is 61.7 Å². The van der Waals surface area contributed by atoms with Crippen LogP contribution in [0.3, 0.4) is 0 Å². The van der Waals surface area contributed by atoms with Gasteiger partial charge in [-0.05, 0) is 71.8 Å². The average molecular weight is 253 g/mol. The standard InChI is InChI=1S/C15H31N3/c1-3-10-18(13-14-6-4-9-16-14)15-7-5-11-17(2)12-8-15/h14-16H,3-13H2,1-2H3. The van der Waals surface area contributed by atoms with Crippen LogP contribution >= 0.6 is 0 Å². The van der Waals surface area contributed by atoms with E-state index in [0.717, 1.165) is 12.1 Å². The molecule has 2 unspecified atom stereocenters. The zero-order chi connectivity index (χ0) is 12.8. The Kier molecular flexibility index (Phi) is 5.93. The molecule has 2 fully saturated rings. The van der Waals surface area contributed by atoms with Crippen LogP contribution in [0, 0.1) is 0 Å². The molecule has 2 rings (SSSR count). The maximum Gasteiger partial charge on any atom is 0.0195 e. The van der Waals surface area contributed by atoms with Crippen LogP contribution in [0.5, 0.6) is 0 Å². The highest BCUT2D eigenvalue weighted by atomic mass is 15.2. The lowest BCUT2D eigenvalue weighted by Crippen LogP contribution is -2.44. The second kappa shape index (κ2) is 7.46. The fraction of sp³-hybridized carbons (Fsp3) is 1.00. The first-order valence-electron chi connectivity index (χ1n) is 7.95. The van der Waals surface area contributed by atoms with E-state index >= 15 is 0 Å². The predicted molar refractivity (Wildman–Crippen MR) is 78.0 cm³/mol. The molecule has 2 heterocycles. The Morgan fingerprint density at radius 1 is 1.17 bits per heavy atom. The molecular formula is C15H31N3. The van der Waals surface area contributed by atoms with Gasteiger partial charge < -0.3 is 10.2 Å². The predicted octanol–water partition coefficient (Wildman–Crippen LogP) is 1.93. The van der Waals surface area contributed by atoms with Crippen molar-refractivity contribution in [1.82, 2.24) is 15.1 Å². The SMILES string of the molecule is CCCN(CC1CCCN1)C1CCCN(C)CC1. The van der Waals surface area contributed by atoms with Gasteiger partial charge in [0.15, 0.2) is 0 Å². The minimum absolute atomic E-state index is 0.762. The Labute approximate surface area is 113 Å². The molecule has 0 radical (unpaired) electrons. The van der Waals surface area contributed by atoms with Crippen LogP contribution in [0.4, 0.5) is 0 Å². The van der Waals surface area contributed by atoms with Crippen molar-refractivity contribution in [3.63, 3.8) is 0 Å². The molecule has 3 nitrogen and oxygen atoms in total. The summed E-state index contributed by atoms with van der Waals surface area (Å²) in [7, 11) is 2.27. The van der Waals surface area contributed by atoms with Crippen molar-refractivity contribution in [3.8, 4) is 0 Å². The van der Waals surface area contributed by atoms with Crippen molar-refractivity contribution in [1.29, 1.82) is 0 Å². The summed E-state index contributed by atoms with van der Waals surface area (Å²) in [5.74, 6) is 0. The zero-order valence-corrected chi connectivity index (χ0v) is 12.3. The van der Waals surface area contributed by atoms with E-state index in [9.17, 15) is 0 Å². The van der Waals surface area contributed by atoms with Gasteiger partial charge in [0, 0.05) is 18.6 Å². The molecule has 0 spiro atoms. The quantitative estimate of drug-likeness (QED) is 0.808. The smallest absolute Gasteiger partial charge is 0.0195 e. The van der Waals surface area contributed by atoms with Crippen LogP contribution in [0.15, 0.2) is 0 Å². The lowest BCUT2D eigenvalue weighted by atomic mass is 10.1. The summed E-state index contributed by atoms with van der Waals surface area (Å²) in [6.45, 7) is 8.69. The van der Waals surface area contributed by atoms with Crippen molar-refractivity contribution in [3.05, 3.63) is 0 Å². The molecule has 2 aliphatic rings. The van der Waals surface area contributed by atoms with E-state index in [0.29, 0.717) is 0 Å². The number of nitrogens with one attached hydrogen (secondary N) is 1. The van der Waals surface area contributed by atoms with Crippen LogP contribution in [0.25, 0.3) is 0 Å². The molecule has 2 aliphatic heterocycles. The summed E-state index contributed by atoms with van der Waals surface area (Å²) >= 11 is 0. The first-order valence-corrected chi connectivity index (χ1v) is 7.95. The van der Waals surface area contributed by atoms with Crippen molar-refractivity contribution in [2.45, 2.75) is 57.5 Å². The van der Waals surface area contributed by atoms with Crippen molar-refractivity contribution in [2.75, 3.05) is 39.8 Å². The molecule has 18 heavy (non-hydrogen) atoms. The van der Waals surface area contributed by atoms with Gasteiger partial charge >= 0.3 is 0 Å². The van der Waals surface area contributed by atoms with Gasteiger partial charge in [0.2, 0.25) is 0 Å². The van der Waals surface area contributed by atoms with Gasteiger partial charge in [-0.15, -0.1) is 0 Å². The zero-order valence-electron chi connectivity index (χ0n) is 12.3. The second-order valence-corrected chi connectivity index (χ2v) is 6.18. The maximum absolute atomic E-state index is 3.66. The molecule has 2 atom stereocenters. The topological polar surface area (TPSA) is 18.5 Å². The van der Waals surface area contributed by atoms with Gasteiger partial charge in [-0.1, -0.05) is 6.92 Å². The number of likely N-dealkylation sites (tertiary alicyclic amines) is 1. The highest BCUT2D eigenvalue weighted by molar-refractivity contribution is 4.83. The van der Waals surface area contributed by atoms with E-state index in [1.807, 2.05) is 0 Å². The Morgan fingerprint density at radius 2 is 2.06 bits per heavy atom. The van der Waals surface area contributed by atoms with Gasteiger partial charge in [-0.2, -0.15) is 0 Å². The third-order valence-electron chi connectivity index (χ3n) is 4.57. The Morgan fingerprint density at radius 3 is 2.78 bits per heavy atom. The van der Waals surface area contributed by atoms with E-state index in [2.05, 4.69) is 29.1 Å². The maximum atomic E-state index is 3.66. The van der Waals surface area contributed by atoms with Gasteiger partial charge in [0.1, 0.15) is 0 Å². The Hall–Kier alpha value is -0.120. The van der Waals surface area contributed by atoms with Gasteiger partial charge in [-0.25, -0.2) is 0 Å². The number of hydrogen-bond donors (Lipinski definition) is 1. The Balaban J connectivity index is 1.86. The summed E-state index contributed by atoms with van der Waals surface area (Å²) in [6, 6.07) is 1.59. The highest BCUT2D eigenvalue weighted by Gasteiger charge is 2.24. The van der Waals surface area contributed by atoms with Crippen molar-refractivity contribution >= 4 is 0 Å². The number of rotatable bonds is 5. The molecule has 0 aliphatic carbocycles. The lowest BCUT2D eigenvalue weighted by molar-refractivity contribution is 0.164. The molecule has 0 aromatic heterocycles. The fourth-order valence-electron chi connectivity index (χ4n) is 3.49. The summed E-state index contributed by atoms with van der Waals surface area (Å²) in [6.07, 6.45) is 8.18. The largest absolute Gasteiger partial charge is 0.313 e. The van der Waals surface area contributed by atoms with Crippen LogP contribution in [0.1, 0.15) is 45.4 Å². The van der Waals surface area contributed by atoms with Crippen LogP contribution in [-0.2, 0) is 0 Å². The molecule has 2 saturated heterocycles. The summed E-state index contributed by atoms with van der Waals surface area (Å²) in [5.41, 5.74) is 0. The van der Waals surface area contributed by atoms with Crippen LogP contribution < -0.4 is 5.32 Å². The molecule has 106 valence electrons. The number of nitrogens with zero attached hydrogens (tertiary/aromatic N) is 2. The van der Waals surface area contributed by atoms with E-state index in [4.69, 9.17) is 0 Å². The Bertz CT molecular complexity index is 226. The van der Waals surface area contributed by atoms with Crippen LogP contribution in [0.2, 0.25) is 0 Å². The van der Waals surface area contributed by atoms with Gasteiger partial charge in [0.05, 0.1) is 0 Å². The summed E-state index contributed by atoms with van der Waals surface area (Å²) < 4.78 is 0. The van der Waals surface area contributed by atoms with Crippen molar-refractivity contribution in [2.24, 2.45) is 0 Å². The average Bonchev–Trinajstić information content (AvgIpc) is 2.77. The van der Waals surface area contributed by atoms with E-state index < -0.39 is 0 Å². The molecule has 0 amide bonds. The minimum atomic E-state index is 0.762. The molecule has 3 heteroatoms. The summed E-state index contributed by atoms with van der Waals surface area (Å²) in [4.78, 5) is 5.28. The first kappa shape index (κ1) is 14.3. The molecule has 0 bridgehead atoms. The lowest BCUT2D eigenvalue weighted by Gasteiger charge is -2.33. The third-order valence-corrected chi connectivity index (χ3v) is 4.57. The molecule has 0 saturated carbocycles. The van der Waals surface area contributed by atoms with Crippen molar-refractivity contribution < 1.29 is 0 Å². The molecule has 0 aromatic carbocycles. The molecule has 0 aromatic rings. The van der Waals surface area contributed by atoms with Gasteiger partial charge in [0.25, 0.3) is 0 Å². The fourth-order valence-corrected chi connectivity index (χ4v) is 3.49. The molecule has 1 N–H and O–H groups in total. The molecular weight excluding hydrogens is 222 g/mol. The number of hydrogen-bond acceptors (Lipinski definition) is 3. The van der Waals surface area contributed by atoms with E-state index in [-0.39, 0.29) is 0 Å². The monoisotopic (exact) mass is 253 g/mol. The first-order chi connectivity index (χ1) is 8.79. The summed E-state index contributed by atoms with van der Waals surface area (Å²) in [5, 5.41) is 3.66. The highest BCUT2D eigenvalue weighted by Crippen LogP contribution is 2.18. The third kappa shape index (κ3) is 4.22. The van der Waals surface area contributed by atoms with E-state index in [1.165, 1.54) is 71.2 Å². The second-order valence-electron chi connectivity index (χ2n) is 6.18. The normalized spacial score (nSPS) is 30.8. The van der Waals surface area contributed by atoms with E-state index in [1.54, 1.807) is 0 Å². The van der Waals surface area contributed by atoms with Gasteiger partial charge in [-0.3, -0.25) is 4.90 Å². The minimum Gasteiger partial charge on any atom is -0.313 e.